The van der Waals surface area contributed by atoms with Crippen molar-refractivity contribution in [1.29, 1.82) is 0 Å². The predicted molar refractivity (Wildman–Crippen MR) is 81.0 cm³/mol. The maximum Gasteiger partial charge on any atom is 0.236 e. The minimum Gasteiger partial charge on any atom is -0.342 e. The van der Waals surface area contributed by atoms with Gasteiger partial charge < -0.3 is 4.90 Å². The molecule has 20 heavy (non-hydrogen) atoms. The largest absolute Gasteiger partial charge is 0.342 e. The molecule has 1 aromatic heterocycles. The maximum absolute atomic E-state index is 12.3. The van der Waals surface area contributed by atoms with Gasteiger partial charge in [0.15, 0.2) is 0 Å². The molecule has 3 rings (SSSR count). The van der Waals surface area contributed by atoms with E-state index >= 15 is 0 Å². The molecule has 2 fully saturated rings. The third-order valence-electron chi connectivity index (χ3n) is 4.73. The molecule has 0 spiro atoms. The number of amides is 1. The van der Waals surface area contributed by atoms with Crippen LogP contribution in [0.2, 0.25) is 0 Å². The second kappa shape index (κ2) is 5.82. The number of piperidine rings is 1. The molecule has 0 aromatic carbocycles. The van der Waals surface area contributed by atoms with Crippen LogP contribution in [-0.2, 0) is 10.2 Å². The van der Waals surface area contributed by atoms with Gasteiger partial charge in [0.05, 0.1) is 11.6 Å². The molecule has 0 N–H and O–H groups in total. The lowest BCUT2D eigenvalue weighted by Crippen LogP contribution is -2.47. The number of aromatic nitrogens is 1. The standard InChI is InChI=1S/C15H23N3OS/c1-15(14-16-6-11-20-14)4-9-18(10-5-15)13(19)12-17-7-2-3-8-17/h6,11H,2-5,7-10,12H2,1H3. The van der Waals surface area contributed by atoms with Gasteiger partial charge in [0.25, 0.3) is 0 Å². The van der Waals surface area contributed by atoms with Crippen molar-refractivity contribution >= 4 is 17.2 Å². The number of nitrogens with zero attached hydrogens (tertiary/aromatic N) is 3. The van der Waals surface area contributed by atoms with Gasteiger partial charge in [0.1, 0.15) is 0 Å². The molecule has 4 nitrogen and oxygen atoms in total. The normalized spacial score (nSPS) is 23.1. The smallest absolute Gasteiger partial charge is 0.236 e. The Morgan fingerprint density at radius 1 is 1.30 bits per heavy atom. The van der Waals surface area contributed by atoms with E-state index in [1.54, 1.807) is 11.3 Å². The third kappa shape index (κ3) is 2.88. The van der Waals surface area contributed by atoms with Crippen molar-refractivity contribution in [2.24, 2.45) is 0 Å². The van der Waals surface area contributed by atoms with Gasteiger partial charge in [-0.1, -0.05) is 6.92 Å². The van der Waals surface area contributed by atoms with Crippen LogP contribution in [0.15, 0.2) is 11.6 Å². The summed E-state index contributed by atoms with van der Waals surface area (Å²) >= 11 is 1.74. The highest BCUT2D eigenvalue weighted by atomic mass is 32.1. The first kappa shape index (κ1) is 14.0. The van der Waals surface area contributed by atoms with Crippen molar-refractivity contribution in [2.75, 3.05) is 32.7 Å². The predicted octanol–water partition coefficient (Wildman–Crippen LogP) is 2.12. The molecule has 0 radical (unpaired) electrons. The minimum atomic E-state index is 0.165. The highest BCUT2D eigenvalue weighted by Crippen LogP contribution is 2.36. The first-order valence-electron chi connectivity index (χ1n) is 7.57. The van der Waals surface area contributed by atoms with E-state index in [1.165, 1.54) is 17.8 Å². The van der Waals surface area contributed by atoms with Crippen LogP contribution in [0, 0.1) is 0 Å². The molecular formula is C15H23N3OS. The van der Waals surface area contributed by atoms with Crippen LogP contribution in [0.25, 0.3) is 0 Å². The van der Waals surface area contributed by atoms with E-state index in [1.807, 2.05) is 16.5 Å². The molecule has 1 amide bonds. The van der Waals surface area contributed by atoms with E-state index in [0.717, 1.165) is 39.0 Å². The van der Waals surface area contributed by atoms with Crippen molar-refractivity contribution in [1.82, 2.24) is 14.8 Å². The van der Waals surface area contributed by atoms with Crippen LogP contribution in [0.1, 0.15) is 37.6 Å². The number of carbonyl (C=O) groups is 1. The van der Waals surface area contributed by atoms with Crippen LogP contribution < -0.4 is 0 Å². The van der Waals surface area contributed by atoms with E-state index in [0.29, 0.717) is 12.5 Å². The number of hydrogen-bond donors (Lipinski definition) is 0. The summed E-state index contributed by atoms with van der Waals surface area (Å²) in [6.07, 6.45) is 6.44. The fraction of sp³-hybridized carbons (Fsp3) is 0.733. The van der Waals surface area contributed by atoms with Gasteiger partial charge in [0.2, 0.25) is 5.91 Å². The highest BCUT2D eigenvalue weighted by Gasteiger charge is 2.35. The second-order valence-corrected chi connectivity index (χ2v) is 7.16. The topological polar surface area (TPSA) is 36.4 Å². The molecule has 2 saturated heterocycles. The first-order valence-corrected chi connectivity index (χ1v) is 8.45. The van der Waals surface area contributed by atoms with Gasteiger partial charge in [-0.15, -0.1) is 11.3 Å². The number of hydrogen-bond acceptors (Lipinski definition) is 4. The lowest BCUT2D eigenvalue weighted by atomic mass is 9.81. The van der Waals surface area contributed by atoms with Crippen molar-refractivity contribution in [2.45, 2.75) is 38.0 Å². The van der Waals surface area contributed by atoms with Gasteiger partial charge >= 0.3 is 0 Å². The zero-order chi connectivity index (χ0) is 14.0. The summed E-state index contributed by atoms with van der Waals surface area (Å²) in [6.45, 7) is 6.85. The number of rotatable bonds is 3. The summed E-state index contributed by atoms with van der Waals surface area (Å²) in [5.41, 5.74) is 0.165. The minimum absolute atomic E-state index is 0.165. The quantitative estimate of drug-likeness (QED) is 0.856. The average Bonchev–Trinajstić information content (AvgIpc) is 3.12. The summed E-state index contributed by atoms with van der Waals surface area (Å²) in [5, 5.41) is 3.27. The monoisotopic (exact) mass is 293 g/mol. The van der Waals surface area contributed by atoms with Crippen LogP contribution in [-0.4, -0.2) is 53.4 Å². The molecule has 0 saturated carbocycles. The van der Waals surface area contributed by atoms with Crippen LogP contribution in [0.4, 0.5) is 0 Å². The zero-order valence-electron chi connectivity index (χ0n) is 12.2. The van der Waals surface area contributed by atoms with Crippen molar-refractivity contribution < 1.29 is 4.79 Å². The summed E-state index contributed by atoms with van der Waals surface area (Å²) in [5.74, 6) is 0.313. The summed E-state index contributed by atoms with van der Waals surface area (Å²) < 4.78 is 0. The summed E-state index contributed by atoms with van der Waals surface area (Å²) in [6, 6.07) is 0. The Morgan fingerprint density at radius 2 is 2.00 bits per heavy atom. The van der Waals surface area contributed by atoms with Crippen molar-refractivity contribution in [3.63, 3.8) is 0 Å². The van der Waals surface area contributed by atoms with Gasteiger partial charge in [-0.25, -0.2) is 4.98 Å². The summed E-state index contributed by atoms with van der Waals surface area (Å²) in [7, 11) is 0. The lowest BCUT2D eigenvalue weighted by Gasteiger charge is -2.38. The molecule has 0 unspecified atom stereocenters. The van der Waals surface area contributed by atoms with Crippen LogP contribution in [0.5, 0.6) is 0 Å². The van der Waals surface area contributed by atoms with Gasteiger partial charge in [-0.3, -0.25) is 9.69 Å². The van der Waals surface area contributed by atoms with E-state index in [2.05, 4.69) is 16.8 Å². The fourth-order valence-electron chi connectivity index (χ4n) is 3.22. The fourth-order valence-corrected chi connectivity index (χ4v) is 4.08. The molecule has 5 heteroatoms. The molecule has 0 bridgehead atoms. The van der Waals surface area contributed by atoms with Gasteiger partial charge in [-0.2, -0.15) is 0 Å². The van der Waals surface area contributed by atoms with Gasteiger partial charge in [0, 0.05) is 30.1 Å². The Kier molecular flexibility index (Phi) is 4.08. The Hall–Kier alpha value is -0.940. The molecule has 3 heterocycles. The Bertz CT molecular complexity index is 446. The van der Waals surface area contributed by atoms with E-state index in [-0.39, 0.29) is 5.41 Å². The van der Waals surface area contributed by atoms with E-state index in [4.69, 9.17) is 0 Å². The summed E-state index contributed by atoms with van der Waals surface area (Å²) in [4.78, 5) is 21.1. The molecule has 0 aliphatic carbocycles. The first-order chi connectivity index (χ1) is 9.67. The molecule has 0 atom stereocenters. The highest BCUT2D eigenvalue weighted by molar-refractivity contribution is 7.09. The molecule has 1 aromatic rings. The van der Waals surface area contributed by atoms with Crippen LogP contribution >= 0.6 is 11.3 Å². The molecular weight excluding hydrogens is 270 g/mol. The Balaban J connectivity index is 1.54. The third-order valence-corrected chi connectivity index (χ3v) is 5.81. The molecule has 2 aliphatic heterocycles. The molecule has 2 aliphatic rings. The number of carbonyl (C=O) groups excluding carboxylic acids is 1. The Morgan fingerprint density at radius 3 is 2.60 bits per heavy atom. The van der Waals surface area contributed by atoms with Crippen molar-refractivity contribution in [3.8, 4) is 0 Å². The van der Waals surface area contributed by atoms with Crippen molar-refractivity contribution in [3.05, 3.63) is 16.6 Å². The molecule has 110 valence electrons. The van der Waals surface area contributed by atoms with E-state index < -0.39 is 0 Å². The Labute approximate surface area is 124 Å². The van der Waals surface area contributed by atoms with Crippen LogP contribution in [0.3, 0.4) is 0 Å². The van der Waals surface area contributed by atoms with Gasteiger partial charge in [-0.05, 0) is 38.8 Å². The number of thiazole rings is 1. The lowest BCUT2D eigenvalue weighted by molar-refractivity contribution is -0.133. The zero-order valence-corrected chi connectivity index (χ0v) is 13.0. The maximum atomic E-state index is 12.3. The number of likely N-dealkylation sites (tertiary alicyclic amines) is 2. The SMILES string of the molecule is CC1(c2nccs2)CCN(C(=O)CN2CCCC2)CC1. The second-order valence-electron chi connectivity index (χ2n) is 6.26. The van der Waals surface area contributed by atoms with E-state index in [9.17, 15) is 4.79 Å². The average molecular weight is 293 g/mol.